The molecule has 1 saturated heterocycles. The van der Waals surface area contributed by atoms with Crippen LogP contribution in [-0.4, -0.2) is 59.4 Å². The van der Waals surface area contributed by atoms with Crippen LogP contribution in [0.1, 0.15) is 63.6 Å². The summed E-state index contributed by atoms with van der Waals surface area (Å²) in [6.45, 7) is 2.51. The highest BCUT2D eigenvalue weighted by Crippen LogP contribution is 2.35. The Hall–Kier alpha value is -3.00. The number of likely N-dealkylation sites (N-methyl/N-ethyl adjacent to an activating group) is 1. The summed E-state index contributed by atoms with van der Waals surface area (Å²) in [5, 5.41) is 6.10. The molecule has 35 heavy (non-hydrogen) atoms. The number of aromatic nitrogens is 2. The summed E-state index contributed by atoms with van der Waals surface area (Å²) in [6, 6.07) is 10.8. The van der Waals surface area contributed by atoms with Gasteiger partial charge in [0.1, 0.15) is 17.7 Å². The van der Waals surface area contributed by atoms with Gasteiger partial charge in [0.25, 0.3) is 0 Å². The van der Waals surface area contributed by atoms with Gasteiger partial charge in [-0.15, -0.1) is 0 Å². The van der Waals surface area contributed by atoms with E-state index in [1.165, 1.54) is 6.42 Å². The minimum atomic E-state index is -0.487. The van der Waals surface area contributed by atoms with E-state index in [1.54, 1.807) is 13.2 Å². The fraction of sp³-hybridized carbons (Fsp3) is 0.556. The molecule has 2 aromatic heterocycles. The van der Waals surface area contributed by atoms with Gasteiger partial charge in [0.05, 0.1) is 17.8 Å². The molecule has 0 aromatic carbocycles. The van der Waals surface area contributed by atoms with Crippen LogP contribution >= 0.6 is 0 Å². The molecule has 3 heterocycles. The molecule has 0 bridgehead atoms. The van der Waals surface area contributed by atoms with Crippen molar-refractivity contribution in [3.05, 3.63) is 48.3 Å². The third-order valence-electron chi connectivity index (χ3n) is 7.48. The van der Waals surface area contributed by atoms with Crippen molar-refractivity contribution in [2.45, 2.75) is 70.0 Å². The second-order valence-electron chi connectivity index (χ2n) is 9.75. The molecule has 8 nitrogen and oxygen atoms in total. The van der Waals surface area contributed by atoms with Gasteiger partial charge in [0.2, 0.25) is 11.8 Å². The Kier molecular flexibility index (Phi) is 8.33. The van der Waals surface area contributed by atoms with E-state index in [4.69, 9.17) is 4.98 Å². The highest BCUT2D eigenvalue weighted by Gasteiger charge is 2.39. The first kappa shape index (κ1) is 25.1. The zero-order chi connectivity index (χ0) is 24.8. The molecule has 1 aliphatic carbocycles. The second-order valence-corrected chi connectivity index (χ2v) is 9.75. The molecular formula is C27H38N6O2. The Morgan fingerprint density at radius 2 is 1.80 bits per heavy atom. The van der Waals surface area contributed by atoms with E-state index in [0.29, 0.717) is 6.54 Å². The molecule has 4 rings (SSSR count). The number of hydrogen-bond donors (Lipinski definition) is 2. The fourth-order valence-electron chi connectivity index (χ4n) is 5.26. The lowest BCUT2D eigenvalue weighted by molar-refractivity contribution is -0.139. The average Bonchev–Trinajstić information content (AvgIpc) is 3.41. The number of rotatable bonds is 8. The molecule has 2 fully saturated rings. The van der Waals surface area contributed by atoms with Gasteiger partial charge in [-0.2, -0.15) is 0 Å². The zero-order valence-electron chi connectivity index (χ0n) is 21.1. The van der Waals surface area contributed by atoms with Gasteiger partial charge < -0.3 is 20.4 Å². The van der Waals surface area contributed by atoms with Gasteiger partial charge in [0, 0.05) is 19.8 Å². The van der Waals surface area contributed by atoms with Crippen LogP contribution in [-0.2, 0) is 9.59 Å². The van der Waals surface area contributed by atoms with E-state index in [0.717, 1.165) is 55.9 Å². The summed E-state index contributed by atoms with van der Waals surface area (Å²) in [7, 11) is 3.71. The van der Waals surface area contributed by atoms with Crippen LogP contribution in [0.25, 0.3) is 0 Å². The number of carbonyl (C=O) groups is 2. The topological polar surface area (TPSA) is 90.5 Å². The van der Waals surface area contributed by atoms with Gasteiger partial charge in [-0.3, -0.25) is 9.59 Å². The first-order chi connectivity index (χ1) is 17.0. The van der Waals surface area contributed by atoms with Gasteiger partial charge in [-0.1, -0.05) is 31.4 Å². The number of nitrogens with zero attached hydrogens (tertiary/aromatic N) is 4. The van der Waals surface area contributed by atoms with Crippen LogP contribution < -0.4 is 15.5 Å². The minimum Gasteiger partial charge on any atom is -0.343 e. The van der Waals surface area contributed by atoms with Crippen molar-refractivity contribution in [3.8, 4) is 0 Å². The fourth-order valence-corrected chi connectivity index (χ4v) is 5.26. The molecule has 2 aromatic rings. The SMILES string of the molecule is CN[C@@H](C)C(=O)N[C@H](C(=O)N1CCC[C@H]1c1cccc(N(C)c2ccccn2)n1)C1CCCCC1. The van der Waals surface area contributed by atoms with Crippen LogP contribution in [0.5, 0.6) is 0 Å². The van der Waals surface area contributed by atoms with Crippen molar-refractivity contribution in [1.82, 2.24) is 25.5 Å². The molecular weight excluding hydrogens is 440 g/mol. The highest BCUT2D eigenvalue weighted by molar-refractivity contribution is 5.90. The lowest BCUT2D eigenvalue weighted by Gasteiger charge is -2.35. The number of carbonyl (C=O) groups excluding carboxylic acids is 2. The summed E-state index contributed by atoms with van der Waals surface area (Å²) in [5.74, 6) is 1.70. The Balaban J connectivity index is 1.56. The maximum absolute atomic E-state index is 14.0. The molecule has 2 N–H and O–H groups in total. The van der Waals surface area contributed by atoms with Crippen LogP contribution in [0, 0.1) is 5.92 Å². The first-order valence-corrected chi connectivity index (χ1v) is 12.9. The molecule has 1 saturated carbocycles. The highest BCUT2D eigenvalue weighted by atomic mass is 16.2. The summed E-state index contributed by atoms with van der Waals surface area (Å²) in [6.07, 6.45) is 8.94. The predicted octanol–water partition coefficient (Wildman–Crippen LogP) is 3.58. The maximum Gasteiger partial charge on any atom is 0.246 e. The van der Waals surface area contributed by atoms with Crippen LogP contribution in [0.4, 0.5) is 11.6 Å². The smallest absolute Gasteiger partial charge is 0.246 e. The lowest BCUT2D eigenvalue weighted by Crippen LogP contribution is -2.55. The van der Waals surface area contributed by atoms with E-state index >= 15 is 0 Å². The van der Waals surface area contributed by atoms with E-state index in [2.05, 4.69) is 15.6 Å². The Morgan fingerprint density at radius 3 is 2.51 bits per heavy atom. The largest absolute Gasteiger partial charge is 0.343 e. The summed E-state index contributed by atoms with van der Waals surface area (Å²) >= 11 is 0. The summed E-state index contributed by atoms with van der Waals surface area (Å²) < 4.78 is 0. The molecule has 0 spiro atoms. The average molecular weight is 479 g/mol. The van der Waals surface area contributed by atoms with Crippen molar-refractivity contribution >= 4 is 23.5 Å². The summed E-state index contributed by atoms with van der Waals surface area (Å²) in [4.78, 5) is 40.0. The monoisotopic (exact) mass is 478 g/mol. The van der Waals surface area contributed by atoms with Gasteiger partial charge in [-0.25, -0.2) is 9.97 Å². The molecule has 188 valence electrons. The second kappa shape index (κ2) is 11.6. The Labute approximate surface area is 208 Å². The van der Waals surface area contributed by atoms with E-state index in [-0.39, 0.29) is 29.8 Å². The summed E-state index contributed by atoms with van der Waals surface area (Å²) in [5.41, 5.74) is 0.883. The predicted molar refractivity (Wildman–Crippen MR) is 137 cm³/mol. The van der Waals surface area contributed by atoms with Crippen molar-refractivity contribution in [2.75, 3.05) is 25.5 Å². The molecule has 8 heteroatoms. The van der Waals surface area contributed by atoms with Crippen molar-refractivity contribution < 1.29 is 9.59 Å². The van der Waals surface area contributed by atoms with Crippen LogP contribution in [0.3, 0.4) is 0 Å². The van der Waals surface area contributed by atoms with Crippen molar-refractivity contribution in [1.29, 1.82) is 0 Å². The van der Waals surface area contributed by atoms with Gasteiger partial charge in [-0.05, 0) is 69.8 Å². The quantitative estimate of drug-likeness (QED) is 0.603. The van der Waals surface area contributed by atoms with E-state index < -0.39 is 6.04 Å². The standard InChI is InChI=1S/C27H38N6O2/c1-19(28-2)26(34)31-25(20-11-5-4-6-12-20)27(35)33-18-10-14-22(33)21-13-9-16-24(30-21)32(3)23-15-7-8-17-29-23/h7-9,13,15-17,19-20,22,25,28H,4-6,10-12,14,18H2,1-3H3,(H,31,34)/t19-,22-,25-/m0/s1. The third kappa shape index (κ3) is 5.81. The minimum absolute atomic E-state index is 0.0290. The van der Waals surface area contributed by atoms with E-state index in [9.17, 15) is 9.59 Å². The van der Waals surface area contributed by atoms with Gasteiger partial charge >= 0.3 is 0 Å². The Bertz CT molecular complexity index is 994. The molecule has 1 aliphatic heterocycles. The van der Waals surface area contributed by atoms with Gasteiger partial charge in [0.15, 0.2) is 0 Å². The van der Waals surface area contributed by atoms with Crippen LogP contribution in [0.2, 0.25) is 0 Å². The number of amides is 2. The molecule has 0 radical (unpaired) electrons. The van der Waals surface area contributed by atoms with Crippen molar-refractivity contribution in [2.24, 2.45) is 5.92 Å². The molecule has 2 aliphatic rings. The normalized spacial score (nSPS) is 20.3. The molecule has 0 unspecified atom stereocenters. The van der Waals surface area contributed by atoms with E-state index in [1.807, 2.05) is 60.2 Å². The Morgan fingerprint density at radius 1 is 1.03 bits per heavy atom. The first-order valence-electron chi connectivity index (χ1n) is 12.9. The molecule has 3 atom stereocenters. The number of nitrogens with one attached hydrogen (secondary N) is 2. The zero-order valence-corrected chi connectivity index (χ0v) is 21.1. The number of anilines is 2. The number of likely N-dealkylation sites (tertiary alicyclic amines) is 1. The lowest BCUT2D eigenvalue weighted by atomic mass is 9.83. The number of pyridine rings is 2. The van der Waals surface area contributed by atoms with Crippen LogP contribution in [0.15, 0.2) is 42.6 Å². The number of hydrogen-bond acceptors (Lipinski definition) is 6. The maximum atomic E-state index is 14.0. The third-order valence-corrected chi connectivity index (χ3v) is 7.48. The van der Waals surface area contributed by atoms with Crippen molar-refractivity contribution in [3.63, 3.8) is 0 Å². The molecule has 2 amide bonds.